The van der Waals surface area contributed by atoms with Crippen LogP contribution in [0.2, 0.25) is 0 Å². The summed E-state index contributed by atoms with van der Waals surface area (Å²) in [7, 11) is 1.62. The Morgan fingerprint density at radius 3 is 2.59 bits per heavy atom. The molecule has 2 aliphatic rings. The number of methoxy groups -OCH3 is 1. The third-order valence-electron chi connectivity index (χ3n) is 6.04. The largest absolute Gasteiger partial charge is 0.497 e. The molecule has 1 N–H and O–H groups in total. The summed E-state index contributed by atoms with van der Waals surface area (Å²) < 4.78 is 5.17. The lowest BCUT2D eigenvalue weighted by molar-refractivity contribution is -0.121. The van der Waals surface area contributed by atoms with E-state index in [4.69, 9.17) is 4.74 Å². The molecule has 154 valence electrons. The van der Waals surface area contributed by atoms with Gasteiger partial charge in [-0.15, -0.1) is 11.3 Å². The van der Waals surface area contributed by atoms with Crippen LogP contribution in [0.5, 0.6) is 5.75 Å². The van der Waals surface area contributed by atoms with E-state index < -0.39 is 0 Å². The van der Waals surface area contributed by atoms with Crippen LogP contribution in [0.3, 0.4) is 0 Å². The molecule has 1 aliphatic carbocycles. The number of nitrogens with one attached hydrogen (secondary N) is 1. The fourth-order valence-corrected chi connectivity index (χ4v) is 5.36. The minimum atomic E-state index is -0.126. The number of rotatable bonds is 7. The first-order valence-corrected chi connectivity index (χ1v) is 11.0. The molecule has 0 radical (unpaired) electrons. The average Bonchev–Trinajstić information content (AvgIpc) is 3.49. The molecule has 0 spiro atoms. The molecule has 1 saturated carbocycles. The Balaban J connectivity index is 1.33. The maximum absolute atomic E-state index is 12.7. The van der Waals surface area contributed by atoms with Crippen LogP contribution in [0.1, 0.15) is 30.6 Å². The van der Waals surface area contributed by atoms with E-state index in [0.717, 1.165) is 24.3 Å². The number of thiophene rings is 1. The predicted octanol–water partition coefficient (Wildman–Crippen LogP) is 3.63. The maximum Gasteiger partial charge on any atom is 0.325 e. The molecule has 7 heteroatoms. The van der Waals surface area contributed by atoms with Crippen molar-refractivity contribution in [2.75, 3.05) is 38.2 Å². The number of ether oxygens (including phenoxy) is 1. The van der Waals surface area contributed by atoms with E-state index in [1.54, 1.807) is 28.2 Å². The van der Waals surface area contributed by atoms with Gasteiger partial charge in [0.05, 0.1) is 7.11 Å². The van der Waals surface area contributed by atoms with E-state index in [-0.39, 0.29) is 23.9 Å². The molecule has 0 bridgehead atoms. The molecule has 4 rings (SSSR count). The molecule has 1 aromatic heterocycles. The van der Waals surface area contributed by atoms with Gasteiger partial charge < -0.3 is 15.0 Å². The van der Waals surface area contributed by atoms with Crippen molar-refractivity contribution in [2.45, 2.75) is 31.1 Å². The molecule has 2 fully saturated rings. The number of urea groups is 1. The van der Waals surface area contributed by atoms with Crippen molar-refractivity contribution in [3.8, 4) is 5.75 Å². The zero-order chi connectivity index (χ0) is 20.3. The molecular weight excluding hydrogens is 386 g/mol. The number of hydrogen-bond acceptors (Lipinski definition) is 4. The lowest BCUT2D eigenvalue weighted by Gasteiger charge is -2.28. The molecule has 1 saturated heterocycles. The van der Waals surface area contributed by atoms with Crippen LogP contribution in [0, 0.1) is 0 Å². The summed E-state index contributed by atoms with van der Waals surface area (Å²) in [6, 6.07) is 11.5. The minimum absolute atomic E-state index is 0.0635. The first-order valence-electron chi connectivity index (χ1n) is 10.1. The number of amides is 3. The zero-order valence-corrected chi connectivity index (χ0v) is 17.5. The fraction of sp³-hybridized carbons (Fsp3) is 0.455. The molecule has 29 heavy (non-hydrogen) atoms. The van der Waals surface area contributed by atoms with Gasteiger partial charge in [0.1, 0.15) is 12.3 Å². The van der Waals surface area contributed by atoms with Crippen LogP contribution in [-0.4, -0.2) is 50.1 Å². The molecule has 0 atom stereocenters. The summed E-state index contributed by atoms with van der Waals surface area (Å²) in [5.74, 6) is 0.668. The van der Waals surface area contributed by atoms with Crippen molar-refractivity contribution in [1.82, 2.24) is 10.2 Å². The van der Waals surface area contributed by atoms with Crippen LogP contribution >= 0.6 is 11.3 Å². The van der Waals surface area contributed by atoms with Gasteiger partial charge in [0, 0.05) is 35.6 Å². The van der Waals surface area contributed by atoms with E-state index in [9.17, 15) is 9.59 Å². The van der Waals surface area contributed by atoms with Gasteiger partial charge >= 0.3 is 6.03 Å². The smallest absolute Gasteiger partial charge is 0.325 e. The maximum atomic E-state index is 12.7. The van der Waals surface area contributed by atoms with E-state index in [0.29, 0.717) is 19.6 Å². The molecular formula is C22H27N3O3S. The highest BCUT2D eigenvalue weighted by Crippen LogP contribution is 2.42. The Morgan fingerprint density at radius 1 is 1.17 bits per heavy atom. The highest BCUT2D eigenvalue weighted by Gasteiger charge is 2.37. The monoisotopic (exact) mass is 413 g/mol. The number of benzene rings is 1. The standard InChI is InChI=1S/C22H27N3O3S/c1-28-18-8-6-17(7-9-18)25-13-12-24(21(25)27)15-20(26)23-16-22(10-2-3-11-22)19-5-4-14-29-19/h4-9,14H,2-3,10-13,15-16H2,1H3,(H,23,26). The van der Waals surface area contributed by atoms with Gasteiger partial charge in [-0.1, -0.05) is 18.9 Å². The van der Waals surface area contributed by atoms with Crippen LogP contribution in [0.25, 0.3) is 0 Å². The van der Waals surface area contributed by atoms with Crippen molar-refractivity contribution in [3.63, 3.8) is 0 Å². The first-order chi connectivity index (χ1) is 14.1. The predicted molar refractivity (Wildman–Crippen MR) is 115 cm³/mol. The van der Waals surface area contributed by atoms with Crippen LogP contribution < -0.4 is 15.0 Å². The lowest BCUT2D eigenvalue weighted by atomic mass is 9.84. The normalized spacial score (nSPS) is 18.3. The number of nitrogens with zero attached hydrogens (tertiary/aromatic N) is 2. The minimum Gasteiger partial charge on any atom is -0.497 e. The van der Waals surface area contributed by atoms with Crippen LogP contribution in [0.4, 0.5) is 10.5 Å². The van der Waals surface area contributed by atoms with Gasteiger partial charge in [-0.05, 0) is 48.6 Å². The Labute approximate surface area is 175 Å². The summed E-state index contributed by atoms with van der Waals surface area (Å²) >= 11 is 1.77. The molecule has 1 aliphatic heterocycles. The third-order valence-corrected chi connectivity index (χ3v) is 7.16. The Bertz CT molecular complexity index is 845. The summed E-state index contributed by atoms with van der Waals surface area (Å²) in [6.07, 6.45) is 4.63. The number of hydrogen-bond donors (Lipinski definition) is 1. The Kier molecular flexibility index (Phi) is 5.76. The number of carbonyl (C=O) groups is 2. The van der Waals surface area contributed by atoms with Crippen molar-refractivity contribution in [2.24, 2.45) is 0 Å². The zero-order valence-electron chi connectivity index (χ0n) is 16.7. The first kappa shape index (κ1) is 19.8. The van der Waals surface area contributed by atoms with Gasteiger partial charge in [0.15, 0.2) is 0 Å². The highest BCUT2D eigenvalue weighted by molar-refractivity contribution is 7.10. The van der Waals surface area contributed by atoms with Crippen molar-refractivity contribution < 1.29 is 14.3 Å². The number of anilines is 1. The van der Waals surface area contributed by atoms with Crippen molar-refractivity contribution >= 4 is 29.0 Å². The van der Waals surface area contributed by atoms with Crippen LogP contribution in [-0.2, 0) is 10.2 Å². The van der Waals surface area contributed by atoms with Gasteiger partial charge in [0.2, 0.25) is 5.91 Å². The SMILES string of the molecule is COc1ccc(N2CCN(CC(=O)NCC3(c4cccs4)CCCC3)C2=O)cc1. The average molecular weight is 414 g/mol. The fourth-order valence-electron chi connectivity index (χ4n) is 4.37. The second-order valence-electron chi connectivity index (χ2n) is 7.80. The summed E-state index contributed by atoms with van der Waals surface area (Å²) in [6.45, 7) is 1.88. The summed E-state index contributed by atoms with van der Waals surface area (Å²) in [4.78, 5) is 30.0. The molecule has 0 unspecified atom stereocenters. The topological polar surface area (TPSA) is 61.9 Å². The molecule has 2 aromatic rings. The van der Waals surface area contributed by atoms with E-state index in [2.05, 4.69) is 22.8 Å². The Morgan fingerprint density at radius 2 is 1.93 bits per heavy atom. The lowest BCUT2D eigenvalue weighted by Crippen LogP contribution is -2.44. The summed E-state index contributed by atoms with van der Waals surface area (Å²) in [5.41, 5.74) is 0.884. The van der Waals surface area contributed by atoms with Gasteiger partial charge in [-0.3, -0.25) is 9.69 Å². The van der Waals surface area contributed by atoms with Crippen LogP contribution in [0.15, 0.2) is 41.8 Å². The molecule has 2 heterocycles. The van der Waals surface area contributed by atoms with Crippen molar-refractivity contribution in [1.29, 1.82) is 0 Å². The quantitative estimate of drug-likeness (QED) is 0.754. The second kappa shape index (κ2) is 8.45. The second-order valence-corrected chi connectivity index (χ2v) is 8.74. The Hall–Kier alpha value is -2.54. The number of carbonyl (C=O) groups excluding carboxylic acids is 2. The highest BCUT2D eigenvalue weighted by atomic mass is 32.1. The third kappa shape index (κ3) is 4.10. The van der Waals surface area contributed by atoms with Gasteiger partial charge in [-0.25, -0.2) is 4.79 Å². The van der Waals surface area contributed by atoms with Gasteiger partial charge in [-0.2, -0.15) is 0 Å². The molecule has 3 amide bonds. The van der Waals surface area contributed by atoms with E-state index in [1.165, 1.54) is 17.7 Å². The molecule has 6 nitrogen and oxygen atoms in total. The summed E-state index contributed by atoms with van der Waals surface area (Å²) in [5, 5.41) is 5.21. The van der Waals surface area contributed by atoms with E-state index in [1.807, 2.05) is 24.3 Å². The van der Waals surface area contributed by atoms with Crippen molar-refractivity contribution in [3.05, 3.63) is 46.7 Å². The van der Waals surface area contributed by atoms with E-state index >= 15 is 0 Å². The molecule has 1 aromatic carbocycles. The van der Waals surface area contributed by atoms with Gasteiger partial charge in [0.25, 0.3) is 0 Å².